The SMILES string of the molecule is CC(C)COc1ccc(/C=N\NC(=O)CSc2nc3ccccc3n2C)cc1. The average molecular weight is 397 g/mol. The minimum atomic E-state index is -0.176. The van der Waals surface area contributed by atoms with E-state index in [0.29, 0.717) is 12.5 Å². The van der Waals surface area contributed by atoms with E-state index in [0.717, 1.165) is 27.5 Å². The number of benzene rings is 2. The number of carbonyl (C=O) groups is 1. The number of thioether (sulfide) groups is 1. The van der Waals surface area contributed by atoms with Crippen LogP contribution in [0.15, 0.2) is 58.8 Å². The van der Waals surface area contributed by atoms with Gasteiger partial charge in [0, 0.05) is 7.05 Å². The standard InChI is InChI=1S/C21H24N4O2S/c1-15(2)13-27-17-10-8-16(9-11-17)12-22-24-20(26)14-28-21-23-18-6-4-5-7-19(18)25(21)3/h4-12,15H,13-14H2,1-3H3,(H,24,26)/b22-12-. The van der Waals surface area contributed by atoms with Gasteiger partial charge >= 0.3 is 0 Å². The van der Waals surface area contributed by atoms with E-state index in [4.69, 9.17) is 4.74 Å². The lowest BCUT2D eigenvalue weighted by Gasteiger charge is -2.08. The fourth-order valence-corrected chi connectivity index (χ4v) is 3.29. The van der Waals surface area contributed by atoms with Crippen molar-refractivity contribution in [1.82, 2.24) is 15.0 Å². The third-order valence-corrected chi connectivity index (χ3v) is 4.97. The number of amides is 1. The van der Waals surface area contributed by atoms with Gasteiger partial charge in [0.05, 0.1) is 29.6 Å². The zero-order chi connectivity index (χ0) is 19.9. The van der Waals surface area contributed by atoms with Crippen LogP contribution in [0.2, 0.25) is 0 Å². The van der Waals surface area contributed by atoms with Crippen LogP contribution in [0, 0.1) is 5.92 Å². The number of fused-ring (bicyclic) bond motifs is 1. The number of imidazole rings is 1. The predicted octanol–water partition coefficient (Wildman–Crippen LogP) is 3.85. The van der Waals surface area contributed by atoms with Crippen LogP contribution in [0.4, 0.5) is 0 Å². The minimum Gasteiger partial charge on any atom is -0.493 e. The lowest BCUT2D eigenvalue weighted by atomic mass is 10.2. The molecule has 1 amide bonds. The molecule has 0 bridgehead atoms. The molecule has 0 aliphatic carbocycles. The summed E-state index contributed by atoms with van der Waals surface area (Å²) in [5.41, 5.74) is 5.41. The normalized spacial score (nSPS) is 11.4. The van der Waals surface area contributed by atoms with Crippen LogP contribution in [0.5, 0.6) is 5.75 Å². The predicted molar refractivity (Wildman–Crippen MR) is 114 cm³/mol. The molecule has 0 saturated heterocycles. The van der Waals surface area contributed by atoms with Crippen LogP contribution in [-0.4, -0.2) is 34.0 Å². The highest BCUT2D eigenvalue weighted by Gasteiger charge is 2.09. The lowest BCUT2D eigenvalue weighted by Crippen LogP contribution is -2.19. The van der Waals surface area contributed by atoms with E-state index in [2.05, 4.69) is 29.4 Å². The third-order valence-electron chi connectivity index (χ3n) is 3.94. The smallest absolute Gasteiger partial charge is 0.250 e. The Morgan fingerprint density at radius 2 is 2.00 bits per heavy atom. The Kier molecular flexibility index (Phi) is 6.71. The van der Waals surface area contributed by atoms with Crippen molar-refractivity contribution < 1.29 is 9.53 Å². The maximum absolute atomic E-state index is 12.0. The van der Waals surface area contributed by atoms with Crippen molar-refractivity contribution >= 4 is 34.9 Å². The number of nitrogens with zero attached hydrogens (tertiary/aromatic N) is 3. The molecule has 2 aromatic carbocycles. The zero-order valence-corrected chi connectivity index (χ0v) is 17.1. The van der Waals surface area contributed by atoms with Crippen molar-refractivity contribution in [3.8, 4) is 5.75 Å². The summed E-state index contributed by atoms with van der Waals surface area (Å²) in [4.78, 5) is 16.6. The molecule has 7 heteroatoms. The van der Waals surface area contributed by atoms with Crippen LogP contribution < -0.4 is 10.2 Å². The van der Waals surface area contributed by atoms with Gasteiger partial charge in [-0.15, -0.1) is 0 Å². The molecule has 0 atom stereocenters. The summed E-state index contributed by atoms with van der Waals surface area (Å²) in [5.74, 6) is 1.38. The average Bonchev–Trinajstić information content (AvgIpc) is 3.02. The monoisotopic (exact) mass is 396 g/mol. The van der Waals surface area contributed by atoms with Crippen molar-refractivity contribution in [3.63, 3.8) is 0 Å². The Hall–Kier alpha value is -2.80. The maximum atomic E-state index is 12.0. The molecule has 0 fully saturated rings. The second-order valence-electron chi connectivity index (χ2n) is 6.80. The third kappa shape index (κ3) is 5.36. The Morgan fingerprint density at radius 3 is 2.71 bits per heavy atom. The van der Waals surface area contributed by atoms with E-state index >= 15 is 0 Å². The summed E-state index contributed by atoms with van der Waals surface area (Å²) in [6, 6.07) is 15.5. The van der Waals surface area contributed by atoms with Gasteiger partial charge in [0.2, 0.25) is 0 Å². The van der Waals surface area contributed by atoms with Crippen LogP contribution in [0.3, 0.4) is 0 Å². The molecule has 3 rings (SSSR count). The second kappa shape index (κ2) is 9.41. The van der Waals surface area contributed by atoms with E-state index < -0.39 is 0 Å². The van der Waals surface area contributed by atoms with Crippen molar-refractivity contribution in [1.29, 1.82) is 0 Å². The van der Waals surface area contributed by atoms with Gasteiger partial charge in [-0.3, -0.25) is 4.79 Å². The molecule has 0 unspecified atom stereocenters. The molecule has 3 aromatic rings. The molecule has 28 heavy (non-hydrogen) atoms. The van der Waals surface area contributed by atoms with Gasteiger partial charge < -0.3 is 9.30 Å². The van der Waals surface area contributed by atoms with Crippen LogP contribution in [-0.2, 0) is 11.8 Å². The van der Waals surface area contributed by atoms with Gasteiger partial charge in [-0.25, -0.2) is 10.4 Å². The number of aryl methyl sites for hydroxylation is 1. The van der Waals surface area contributed by atoms with Gasteiger partial charge in [-0.1, -0.05) is 37.7 Å². The fourth-order valence-electron chi connectivity index (χ4n) is 2.51. The number of hydrogen-bond donors (Lipinski definition) is 1. The number of rotatable bonds is 8. The molecular formula is C21H24N4O2S. The van der Waals surface area contributed by atoms with Crippen molar-refractivity contribution in [2.24, 2.45) is 18.1 Å². The molecule has 0 aliphatic rings. The number of nitrogens with one attached hydrogen (secondary N) is 1. The van der Waals surface area contributed by atoms with Crippen molar-refractivity contribution in [2.45, 2.75) is 19.0 Å². The molecule has 6 nitrogen and oxygen atoms in total. The molecule has 1 N–H and O–H groups in total. The Labute approximate surface area is 169 Å². The Morgan fingerprint density at radius 1 is 1.25 bits per heavy atom. The first-order valence-electron chi connectivity index (χ1n) is 9.12. The number of carbonyl (C=O) groups excluding carboxylic acids is 1. The summed E-state index contributed by atoms with van der Waals surface area (Å²) < 4.78 is 7.63. The number of hydrogen-bond acceptors (Lipinski definition) is 5. The van der Waals surface area contributed by atoms with E-state index in [1.807, 2.05) is 60.1 Å². The van der Waals surface area contributed by atoms with E-state index in [9.17, 15) is 4.79 Å². The molecule has 0 aliphatic heterocycles. The summed E-state index contributed by atoms with van der Waals surface area (Å²) in [7, 11) is 1.95. The van der Waals surface area contributed by atoms with Gasteiger partial charge in [0.15, 0.2) is 5.16 Å². The molecule has 1 aromatic heterocycles. The van der Waals surface area contributed by atoms with Crippen molar-refractivity contribution in [2.75, 3.05) is 12.4 Å². The largest absolute Gasteiger partial charge is 0.493 e. The van der Waals surface area contributed by atoms with Gasteiger partial charge in [-0.2, -0.15) is 5.10 Å². The van der Waals surface area contributed by atoms with Gasteiger partial charge in [0.1, 0.15) is 5.75 Å². The highest BCUT2D eigenvalue weighted by molar-refractivity contribution is 7.99. The number of hydrazone groups is 1. The highest BCUT2D eigenvalue weighted by Crippen LogP contribution is 2.22. The Bertz CT molecular complexity index is 964. The molecule has 146 valence electrons. The summed E-state index contributed by atoms with van der Waals surface area (Å²) in [6.07, 6.45) is 1.61. The highest BCUT2D eigenvalue weighted by atomic mass is 32.2. The van der Waals surface area contributed by atoms with Crippen LogP contribution >= 0.6 is 11.8 Å². The van der Waals surface area contributed by atoms with E-state index in [1.165, 1.54) is 11.8 Å². The second-order valence-corrected chi connectivity index (χ2v) is 7.74. The minimum absolute atomic E-state index is 0.176. The van der Waals surface area contributed by atoms with Crippen LogP contribution in [0.1, 0.15) is 19.4 Å². The molecule has 1 heterocycles. The van der Waals surface area contributed by atoms with Gasteiger partial charge in [0.25, 0.3) is 5.91 Å². The number of para-hydroxylation sites is 2. The number of ether oxygens (including phenoxy) is 1. The molecular weight excluding hydrogens is 372 g/mol. The topological polar surface area (TPSA) is 68.5 Å². The first-order chi connectivity index (χ1) is 13.5. The number of aromatic nitrogens is 2. The molecule has 0 spiro atoms. The fraction of sp³-hybridized carbons (Fsp3) is 0.286. The molecule has 0 saturated carbocycles. The quantitative estimate of drug-likeness (QED) is 0.357. The van der Waals surface area contributed by atoms with E-state index in [1.54, 1.807) is 6.21 Å². The first-order valence-corrected chi connectivity index (χ1v) is 10.1. The van der Waals surface area contributed by atoms with E-state index in [-0.39, 0.29) is 11.7 Å². The molecule has 0 radical (unpaired) electrons. The Balaban J connectivity index is 1.47. The van der Waals surface area contributed by atoms with Gasteiger partial charge in [-0.05, 0) is 47.9 Å². The summed E-state index contributed by atoms with van der Waals surface area (Å²) in [6.45, 7) is 4.91. The zero-order valence-electron chi connectivity index (χ0n) is 16.3. The maximum Gasteiger partial charge on any atom is 0.250 e. The first kappa shape index (κ1) is 19.9. The summed E-state index contributed by atoms with van der Waals surface area (Å²) in [5, 5.41) is 4.82. The summed E-state index contributed by atoms with van der Waals surface area (Å²) >= 11 is 1.39. The van der Waals surface area contributed by atoms with Crippen molar-refractivity contribution in [3.05, 3.63) is 54.1 Å². The van der Waals surface area contributed by atoms with Crippen LogP contribution in [0.25, 0.3) is 11.0 Å². The lowest BCUT2D eigenvalue weighted by molar-refractivity contribution is -0.118.